The minimum atomic E-state index is -0.955. The molecule has 1 N–H and O–H groups in total. The van der Waals surface area contributed by atoms with E-state index in [1.807, 2.05) is 0 Å². The Morgan fingerprint density at radius 2 is 2.11 bits per heavy atom. The fraction of sp³-hybridized carbons (Fsp3) is 0.462. The lowest BCUT2D eigenvalue weighted by Crippen LogP contribution is -2.17. The average molecular weight is 254 g/mol. The Morgan fingerprint density at radius 3 is 2.72 bits per heavy atom. The van der Waals surface area contributed by atoms with Gasteiger partial charge in [0.2, 0.25) is 0 Å². The van der Waals surface area contributed by atoms with Gasteiger partial charge in [-0.1, -0.05) is 0 Å². The molecule has 3 rings (SSSR count). The Hall–Kier alpha value is -1.65. The summed E-state index contributed by atoms with van der Waals surface area (Å²) >= 11 is 0. The predicted octanol–water partition coefficient (Wildman–Crippen LogP) is 2.41. The molecule has 1 saturated carbocycles. The lowest BCUT2D eigenvalue weighted by atomic mass is 9.87. The van der Waals surface area contributed by atoms with E-state index in [0.717, 1.165) is 6.07 Å². The molecule has 1 aliphatic carbocycles. The average Bonchev–Trinajstić information content (AvgIpc) is 2.86. The summed E-state index contributed by atoms with van der Waals surface area (Å²) < 4.78 is 32.7. The summed E-state index contributed by atoms with van der Waals surface area (Å²) in [6.07, 6.45) is 1.60. The first-order valence-electron chi connectivity index (χ1n) is 5.89. The molecule has 2 aliphatic rings. The van der Waals surface area contributed by atoms with Crippen LogP contribution in [0.2, 0.25) is 0 Å². The zero-order chi connectivity index (χ0) is 12.9. The predicted molar refractivity (Wildman–Crippen MR) is 58.7 cm³/mol. The van der Waals surface area contributed by atoms with Crippen molar-refractivity contribution in [2.75, 3.05) is 6.61 Å². The molecule has 1 aliphatic heterocycles. The zero-order valence-electron chi connectivity index (χ0n) is 9.63. The summed E-state index contributed by atoms with van der Waals surface area (Å²) in [5, 5.41) is 8.92. The van der Waals surface area contributed by atoms with E-state index in [2.05, 4.69) is 0 Å². The van der Waals surface area contributed by atoms with Gasteiger partial charge in [0.25, 0.3) is 0 Å². The van der Waals surface area contributed by atoms with E-state index in [-0.39, 0.29) is 12.2 Å². The first-order valence-corrected chi connectivity index (χ1v) is 5.89. The van der Waals surface area contributed by atoms with E-state index in [9.17, 15) is 13.6 Å². The van der Waals surface area contributed by atoms with Crippen LogP contribution in [-0.2, 0) is 16.6 Å². The van der Waals surface area contributed by atoms with Crippen molar-refractivity contribution in [1.29, 1.82) is 0 Å². The number of aliphatic carboxylic acids is 1. The topological polar surface area (TPSA) is 46.5 Å². The van der Waals surface area contributed by atoms with Gasteiger partial charge in [0.05, 0.1) is 13.0 Å². The molecule has 1 fully saturated rings. The van der Waals surface area contributed by atoms with Crippen molar-refractivity contribution < 1.29 is 23.4 Å². The van der Waals surface area contributed by atoms with Gasteiger partial charge in [0, 0.05) is 29.0 Å². The maximum Gasteiger partial charge on any atom is 0.304 e. The van der Waals surface area contributed by atoms with Crippen LogP contribution in [0.4, 0.5) is 8.78 Å². The van der Waals surface area contributed by atoms with Gasteiger partial charge in [0.1, 0.15) is 5.82 Å². The van der Waals surface area contributed by atoms with Crippen molar-refractivity contribution in [2.24, 2.45) is 0 Å². The molecule has 0 aromatic heterocycles. The Bertz CT molecular complexity index is 536. The van der Waals surface area contributed by atoms with Crippen LogP contribution in [0, 0.1) is 11.6 Å². The standard InChI is InChI=1S/C13H12F2O3/c14-8-5-9(15)12-7(1-4-18-12)11(8)13(2-3-13)6-10(16)17/h5H,1-4,6H2,(H,16,17). The first kappa shape index (κ1) is 11.4. The largest absolute Gasteiger partial charge is 0.490 e. The minimum absolute atomic E-state index is 0.100. The highest BCUT2D eigenvalue weighted by molar-refractivity contribution is 5.70. The molecule has 1 aromatic carbocycles. The maximum absolute atomic E-state index is 14.0. The number of carboxylic acid groups (broad SMARTS) is 1. The summed E-state index contributed by atoms with van der Waals surface area (Å²) in [6, 6.07) is 0.807. The number of carboxylic acids is 1. The zero-order valence-corrected chi connectivity index (χ0v) is 9.63. The van der Waals surface area contributed by atoms with Gasteiger partial charge in [-0.05, 0) is 12.8 Å². The lowest BCUT2D eigenvalue weighted by Gasteiger charge is -2.18. The molecule has 0 amide bonds. The fourth-order valence-electron chi connectivity index (χ4n) is 2.83. The van der Waals surface area contributed by atoms with E-state index in [4.69, 9.17) is 9.84 Å². The van der Waals surface area contributed by atoms with Gasteiger partial charge in [-0.15, -0.1) is 0 Å². The van der Waals surface area contributed by atoms with Gasteiger partial charge >= 0.3 is 5.97 Å². The van der Waals surface area contributed by atoms with Crippen molar-refractivity contribution in [1.82, 2.24) is 0 Å². The summed E-state index contributed by atoms with van der Waals surface area (Å²) in [7, 11) is 0. The summed E-state index contributed by atoms with van der Waals surface area (Å²) in [4.78, 5) is 10.9. The Balaban J connectivity index is 2.13. The van der Waals surface area contributed by atoms with Crippen LogP contribution in [0.15, 0.2) is 6.07 Å². The monoisotopic (exact) mass is 254 g/mol. The summed E-state index contributed by atoms with van der Waals surface area (Å²) in [6.45, 7) is 0.325. The number of hydrogen-bond acceptors (Lipinski definition) is 2. The van der Waals surface area contributed by atoms with Gasteiger partial charge in [-0.25, -0.2) is 8.78 Å². The number of benzene rings is 1. The number of ether oxygens (including phenoxy) is 1. The molecule has 18 heavy (non-hydrogen) atoms. The number of fused-ring (bicyclic) bond motifs is 1. The number of halogens is 2. The Kier molecular flexibility index (Phi) is 2.33. The first-order chi connectivity index (χ1) is 8.53. The molecule has 0 spiro atoms. The van der Waals surface area contributed by atoms with E-state index in [0.29, 0.717) is 37.0 Å². The van der Waals surface area contributed by atoms with Gasteiger partial charge in [-0.3, -0.25) is 4.79 Å². The quantitative estimate of drug-likeness (QED) is 0.901. The molecule has 0 saturated heterocycles. The number of rotatable bonds is 3. The molecule has 0 unspecified atom stereocenters. The molecular weight excluding hydrogens is 242 g/mol. The van der Waals surface area contributed by atoms with Crippen molar-refractivity contribution in [2.45, 2.75) is 31.1 Å². The van der Waals surface area contributed by atoms with Gasteiger partial charge in [-0.2, -0.15) is 0 Å². The molecule has 0 bridgehead atoms. The van der Waals surface area contributed by atoms with Crippen LogP contribution < -0.4 is 4.74 Å². The number of carbonyl (C=O) groups is 1. The summed E-state index contributed by atoms with van der Waals surface area (Å²) in [5.74, 6) is -2.20. The second-order valence-electron chi connectivity index (χ2n) is 4.97. The third-order valence-corrected chi connectivity index (χ3v) is 3.76. The summed E-state index contributed by atoms with van der Waals surface area (Å²) in [5.41, 5.74) is 0.228. The third kappa shape index (κ3) is 1.57. The van der Waals surface area contributed by atoms with Crippen LogP contribution in [-0.4, -0.2) is 17.7 Å². The van der Waals surface area contributed by atoms with Crippen LogP contribution in [0.5, 0.6) is 5.75 Å². The second-order valence-corrected chi connectivity index (χ2v) is 4.97. The maximum atomic E-state index is 14.0. The fourth-order valence-corrected chi connectivity index (χ4v) is 2.83. The molecular formula is C13H12F2O3. The Morgan fingerprint density at radius 1 is 1.39 bits per heavy atom. The molecule has 0 atom stereocenters. The van der Waals surface area contributed by atoms with Gasteiger partial charge in [0.15, 0.2) is 11.6 Å². The molecule has 5 heteroatoms. The third-order valence-electron chi connectivity index (χ3n) is 3.76. The molecule has 1 aromatic rings. The second kappa shape index (κ2) is 3.67. The van der Waals surface area contributed by atoms with Crippen molar-refractivity contribution in [3.05, 3.63) is 28.8 Å². The van der Waals surface area contributed by atoms with E-state index < -0.39 is 23.0 Å². The van der Waals surface area contributed by atoms with Crippen molar-refractivity contribution >= 4 is 5.97 Å². The van der Waals surface area contributed by atoms with E-state index in [1.54, 1.807) is 0 Å². The normalized spacial score (nSPS) is 19.2. The van der Waals surface area contributed by atoms with Gasteiger partial charge < -0.3 is 9.84 Å². The van der Waals surface area contributed by atoms with Crippen molar-refractivity contribution in [3.63, 3.8) is 0 Å². The minimum Gasteiger partial charge on any atom is -0.490 e. The van der Waals surface area contributed by atoms with Crippen LogP contribution in [0.1, 0.15) is 30.4 Å². The lowest BCUT2D eigenvalue weighted by molar-refractivity contribution is -0.137. The molecule has 3 nitrogen and oxygen atoms in total. The number of hydrogen-bond donors (Lipinski definition) is 1. The highest BCUT2D eigenvalue weighted by atomic mass is 19.1. The van der Waals surface area contributed by atoms with Crippen LogP contribution in [0.3, 0.4) is 0 Å². The highest BCUT2D eigenvalue weighted by Crippen LogP contribution is 2.55. The highest BCUT2D eigenvalue weighted by Gasteiger charge is 2.50. The van der Waals surface area contributed by atoms with Crippen LogP contribution in [0.25, 0.3) is 0 Å². The smallest absolute Gasteiger partial charge is 0.304 e. The van der Waals surface area contributed by atoms with E-state index in [1.165, 1.54) is 0 Å². The molecule has 96 valence electrons. The van der Waals surface area contributed by atoms with Crippen molar-refractivity contribution in [3.8, 4) is 5.75 Å². The molecule has 1 heterocycles. The van der Waals surface area contributed by atoms with Crippen LogP contribution >= 0.6 is 0 Å². The molecule has 0 radical (unpaired) electrons. The van der Waals surface area contributed by atoms with E-state index >= 15 is 0 Å². The SMILES string of the molecule is O=C(O)CC1(c2c(F)cc(F)c3c2CCO3)CC1. The Labute approximate surface area is 102 Å².